The van der Waals surface area contributed by atoms with Crippen molar-refractivity contribution >= 4 is 23.2 Å². The summed E-state index contributed by atoms with van der Waals surface area (Å²) in [5, 5.41) is 15.1. The molecular formula is C15H25Cl2N3O. The molecule has 6 heteroatoms. The van der Waals surface area contributed by atoms with Gasteiger partial charge in [0.15, 0.2) is 0 Å². The lowest BCUT2D eigenvalue weighted by atomic mass is 9.73. The van der Waals surface area contributed by atoms with Crippen molar-refractivity contribution in [1.82, 2.24) is 14.8 Å². The van der Waals surface area contributed by atoms with Crippen LogP contribution in [0.15, 0.2) is 12.7 Å². The third-order valence-corrected chi connectivity index (χ3v) is 6.08. The second-order valence-corrected chi connectivity index (χ2v) is 8.65. The van der Waals surface area contributed by atoms with E-state index >= 15 is 0 Å². The van der Waals surface area contributed by atoms with Gasteiger partial charge in [-0.05, 0) is 36.5 Å². The van der Waals surface area contributed by atoms with E-state index in [0.717, 1.165) is 19.3 Å². The topological polar surface area (TPSA) is 50.9 Å². The largest absolute Gasteiger partial charge is 0.390 e. The summed E-state index contributed by atoms with van der Waals surface area (Å²) < 4.78 is 1.20. The van der Waals surface area contributed by atoms with E-state index in [1.165, 1.54) is 6.33 Å². The second-order valence-electron chi connectivity index (χ2n) is 7.10. The first-order valence-electron chi connectivity index (χ1n) is 7.56. The van der Waals surface area contributed by atoms with Crippen LogP contribution in [0.1, 0.15) is 53.0 Å². The molecule has 2 rings (SSSR count). The quantitative estimate of drug-likeness (QED) is 0.771. The molecule has 0 aromatic carbocycles. The highest BCUT2D eigenvalue weighted by Crippen LogP contribution is 2.56. The molecule has 0 amide bonds. The predicted molar refractivity (Wildman–Crippen MR) is 85.5 cm³/mol. The zero-order valence-electron chi connectivity index (χ0n) is 13.1. The Kier molecular flexibility index (Phi) is 4.91. The van der Waals surface area contributed by atoms with Crippen molar-refractivity contribution in [1.29, 1.82) is 0 Å². The summed E-state index contributed by atoms with van der Waals surface area (Å²) in [6, 6.07) is -0.102. The van der Waals surface area contributed by atoms with Gasteiger partial charge in [0.1, 0.15) is 17.0 Å². The summed E-state index contributed by atoms with van der Waals surface area (Å²) in [4.78, 5) is 4.01. The summed E-state index contributed by atoms with van der Waals surface area (Å²) in [6.07, 6.45) is 5.20. The summed E-state index contributed by atoms with van der Waals surface area (Å²) in [6.45, 7) is 8.45. The average Bonchev–Trinajstić information content (AvgIpc) is 2.81. The number of hydrogen-bond acceptors (Lipinski definition) is 3. The Hall–Kier alpha value is -0.320. The molecule has 1 aromatic rings. The molecule has 1 N–H and O–H groups in total. The first-order valence-corrected chi connectivity index (χ1v) is 8.32. The minimum atomic E-state index is -0.564. The lowest BCUT2D eigenvalue weighted by Gasteiger charge is -2.39. The number of halogens is 2. The molecule has 1 aliphatic carbocycles. The van der Waals surface area contributed by atoms with Crippen molar-refractivity contribution in [2.45, 2.75) is 63.4 Å². The van der Waals surface area contributed by atoms with Crippen LogP contribution >= 0.6 is 23.2 Å². The zero-order valence-corrected chi connectivity index (χ0v) is 14.6. The summed E-state index contributed by atoms with van der Waals surface area (Å²) in [5.41, 5.74) is -0.209. The monoisotopic (exact) mass is 333 g/mol. The van der Waals surface area contributed by atoms with Gasteiger partial charge in [0.2, 0.25) is 0 Å². The summed E-state index contributed by atoms with van der Waals surface area (Å²) >= 11 is 12.2. The fraction of sp³-hybridized carbons (Fsp3) is 0.867. The Morgan fingerprint density at radius 1 is 1.43 bits per heavy atom. The molecule has 0 radical (unpaired) electrons. The Bertz CT molecular complexity index is 459. The van der Waals surface area contributed by atoms with Crippen molar-refractivity contribution in [3.63, 3.8) is 0 Å². The van der Waals surface area contributed by atoms with Gasteiger partial charge in [0, 0.05) is 0 Å². The molecule has 0 bridgehead atoms. The Balaban J connectivity index is 2.09. The van der Waals surface area contributed by atoms with E-state index in [4.69, 9.17) is 23.2 Å². The van der Waals surface area contributed by atoms with Crippen LogP contribution in [0, 0.1) is 17.3 Å². The number of aliphatic hydroxyl groups is 1. The van der Waals surface area contributed by atoms with Crippen LogP contribution in [0.5, 0.6) is 0 Å². The molecular weight excluding hydrogens is 309 g/mol. The maximum Gasteiger partial charge on any atom is 0.137 e. The van der Waals surface area contributed by atoms with Gasteiger partial charge < -0.3 is 5.11 Å². The SMILES string of the molecule is CC(C)C(C)(C)C(O)C(CCC1CC1(Cl)Cl)n1cncn1. The van der Waals surface area contributed by atoms with Crippen LogP contribution < -0.4 is 0 Å². The third-order valence-electron chi connectivity index (χ3n) is 5.16. The Labute approximate surface area is 136 Å². The Morgan fingerprint density at radius 3 is 2.48 bits per heavy atom. The summed E-state index contributed by atoms with van der Waals surface area (Å²) in [7, 11) is 0. The number of rotatable bonds is 7. The molecule has 0 spiro atoms. The molecule has 0 saturated heterocycles. The van der Waals surface area contributed by atoms with Crippen LogP contribution in [0.4, 0.5) is 0 Å². The number of nitrogens with zero attached hydrogens (tertiary/aromatic N) is 3. The van der Waals surface area contributed by atoms with Crippen molar-refractivity contribution < 1.29 is 5.11 Å². The molecule has 1 saturated carbocycles. The molecule has 4 nitrogen and oxygen atoms in total. The second kappa shape index (κ2) is 6.05. The number of alkyl halides is 2. The van der Waals surface area contributed by atoms with E-state index in [2.05, 4.69) is 37.8 Å². The molecule has 120 valence electrons. The number of aromatic nitrogens is 3. The molecule has 1 aliphatic rings. The highest BCUT2D eigenvalue weighted by atomic mass is 35.5. The van der Waals surface area contributed by atoms with Crippen LogP contribution in [0.25, 0.3) is 0 Å². The first kappa shape index (κ1) is 17.0. The van der Waals surface area contributed by atoms with Gasteiger partial charge in [0.05, 0.1) is 12.1 Å². The highest BCUT2D eigenvalue weighted by molar-refractivity contribution is 6.50. The van der Waals surface area contributed by atoms with Crippen LogP contribution in [0.3, 0.4) is 0 Å². The molecule has 21 heavy (non-hydrogen) atoms. The fourth-order valence-electron chi connectivity index (χ4n) is 2.62. The van der Waals surface area contributed by atoms with Gasteiger partial charge in [-0.15, -0.1) is 23.2 Å². The lowest BCUT2D eigenvalue weighted by Crippen LogP contribution is -2.41. The van der Waals surface area contributed by atoms with E-state index in [1.807, 2.05) is 0 Å². The molecule has 3 unspecified atom stereocenters. The van der Waals surface area contributed by atoms with Gasteiger partial charge in [-0.25, -0.2) is 9.67 Å². The van der Waals surface area contributed by atoms with E-state index in [9.17, 15) is 5.11 Å². The molecule has 0 aliphatic heterocycles. The average molecular weight is 334 g/mol. The van der Waals surface area contributed by atoms with Gasteiger partial charge in [-0.3, -0.25) is 0 Å². The lowest BCUT2D eigenvalue weighted by molar-refractivity contribution is -0.0273. The molecule has 1 aromatic heterocycles. The molecule has 1 fully saturated rings. The van der Waals surface area contributed by atoms with Crippen LogP contribution in [-0.4, -0.2) is 30.3 Å². The minimum absolute atomic E-state index is 0.102. The number of aliphatic hydroxyl groups excluding tert-OH is 1. The molecule has 1 heterocycles. The van der Waals surface area contributed by atoms with Crippen molar-refractivity contribution in [3.05, 3.63) is 12.7 Å². The van der Waals surface area contributed by atoms with Gasteiger partial charge >= 0.3 is 0 Å². The van der Waals surface area contributed by atoms with Crippen molar-refractivity contribution in [2.75, 3.05) is 0 Å². The third kappa shape index (κ3) is 3.72. The van der Waals surface area contributed by atoms with Gasteiger partial charge in [0.25, 0.3) is 0 Å². The Morgan fingerprint density at radius 2 is 2.05 bits per heavy atom. The van der Waals surface area contributed by atoms with Crippen LogP contribution in [0.2, 0.25) is 0 Å². The fourth-order valence-corrected chi connectivity index (χ4v) is 3.21. The van der Waals surface area contributed by atoms with E-state index < -0.39 is 10.4 Å². The molecule has 3 atom stereocenters. The van der Waals surface area contributed by atoms with Crippen LogP contribution in [-0.2, 0) is 0 Å². The van der Waals surface area contributed by atoms with Gasteiger partial charge in [-0.2, -0.15) is 5.10 Å². The normalized spacial score (nSPS) is 24.1. The predicted octanol–water partition coefficient (Wildman–Crippen LogP) is 3.84. The van der Waals surface area contributed by atoms with Gasteiger partial charge in [-0.1, -0.05) is 27.7 Å². The first-order chi connectivity index (χ1) is 9.66. The van der Waals surface area contributed by atoms with E-state index in [-0.39, 0.29) is 11.5 Å². The highest BCUT2D eigenvalue weighted by Gasteiger charge is 2.51. The summed E-state index contributed by atoms with van der Waals surface area (Å²) in [5.74, 6) is 0.681. The maximum absolute atomic E-state index is 10.9. The smallest absolute Gasteiger partial charge is 0.137 e. The zero-order chi connectivity index (χ0) is 15.8. The van der Waals surface area contributed by atoms with E-state index in [0.29, 0.717) is 11.8 Å². The minimum Gasteiger partial charge on any atom is -0.390 e. The number of hydrogen-bond donors (Lipinski definition) is 1. The van der Waals surface area contributed by atoms with Crippen molar-refractivity contribution in [2.24, 2.45) is 17.3 Å². The maximum atomic E-state index is 10.9. The van der Waals surface area contributed by atoms with Crippen molar-refractivity contribution in [3.8, 4) is 0 Å². The van der Waals surface area contributed by atoms with E-state index in [1.54, 1.807) is 11.0 Å². The standard InChI is InChI=1S/C15H25Cl2N3O/c1-10(2)14(3,4)13(21)12(20-9-18-8-19-20)6-5-11-7-15(11,16)17/h8-13,21H,5-7H2,1-4H3.